The van der Waals surface area contributed by atoms with Gasteiger partial charge in [0.15, 0.2) is 0 Å². The molecule has 0 nitrogen and oxygen atoms in total. The van der Waals surface area contributed by atoms with Crippen molar-refractivity contribution in [2.75, 3.05) is 0 Å². The van der Waals surface area contributed by atoms with E-state index in [4.69, 9.17) is 0 Å². The first-order valence-corrected chi connectivity index (χ1v) is 3.32. The van der Waals surface area contributed by atoms with Gasteiger partial charge in [0, 0.05) is 0 Å². The second kappa shape index (κ2) is 3.88. The highest BCUT2D eigenvalue weighted by atomic mass is 19.1. The van der Waals surface area contributed by atoms with Crippen LogP contribution >= 0.6 is 0 Å². The molecule has 0 aromatic rings. The Labute approximate surface area is 51.1 Å². The number of rotatable bonds is 3. The van der Waals surface area contributed by atoms with E-state index in [2.05, 4.69) is 0 Å². The molecule has 0 spiro atoms. The van der Waals surface area contributed by atoms with Crippen LogP contribution in [0.5, 0.6) is 0 Å². The van der Waals surface area contributed by atoms with Gasteiger partial charge in [0.05, 0.1) is 0 Å². The molecule has 0 aliphatic carbocycles. The van der Waals surface area contributed by atoms with Crippen molar-refractivity contribution in [1.82, 2.24) is 0 Å². The van der Waals surface area contributed by atoms with Crippen molar-refractivity contribution < 1.29 is 4.39 Å². The Morgan fingerprint density at radius 2 is 1.88 bits per heavy atom. The van der Waals surface area contributed by atoms with Gasteiger partial charge in [0.1, 0.15) is 6.17 Å². The van der Waals surface area contributed by atoms with Crippen molar-refractivity contribution in [3.05, 3.63) is 0 Å². The van der Waals surface area contributed by atoms with E-state index in [1.807, 2.05) is 20.8 Å². The average Bonchev–Trinajstić information content (AvgIpc) is 1.67. The van der Waals surface area contributed by atoms with Crippen LogP contribution in [0.1, 0.15) is 33.6 Å². The molecular formula is C7H15F. The summed E-state index contributed by atoms with van der Waals surface area (Å²) < 4.78 is 12.5. The predicted molar refractivity (Wildman–Crippen MR) is 34.6 cm³/mol. The molecular weight excluding hydrogens is 103 g/mol. The van der Waals surface area contributed by atoms with E-state index in [1.54, 1.807) is 0 Å². The molecule has 8 heavy (non-hydrogen) atoms. The van der Waals surface area contributed by atoms with Crippen molar-refractivity contribution in [3.8, 4) is 0 Å². The van der Waals surface area contributed by atoms with Gasteiger partial charge in [-0.25, -0.2) is 4.39 Å². The molecule has 0 unspecified atom stereocenters. The van der Waals surface area contributed by atoms with Gasteiger partial charge in [-0.3, -0.25) is 0 Å². The first-order valence-electron chi connectivity index (χ1n) is 3.32. The maximum absolute atomic E-state index is 12.5. The first-order chi connectivity index (χ1) is 3.68. The summed E-state index contributed by atoms with van der Waals surface area (Å²) in [6.45, 7) is 5.84. The van der Waals surface area contributed by atoms with Crippen LogP contribution in [0.2, 0.25) is 0 Å². The summed E-state index contributed by atoms with van der Waals surface area (Å²) >= 11 is 0. The summed E-state index contributed by atoms with van der Waals surface area (Å²) in [5.74, 6) is 0.204. The third-order valence-electron chi connectivity index (χ3n) is 1.29. The van der Waals surface area contributed by atoms with E-state index in [0.29, 0.717) is 0 Å². The van der Waals surface area contributed by atoms with Crippen LogP contribution in [0, 0.1) is 5.92 Å². The Bertz CT molecular complexity index is 50.3. The standard InChI is InChI=1S/C7H15F/c1-4-5-7(8)6(2)3/h6-7H,4-5H2,1-3H3/t7-/m0/s1. The fraction of sp³-hybridized carbons (Fsp3) is 1.00. The second-order valence-corrected chi connectivity index (χ2v) is 2.55. The monoisotopic (exact) mass is 118 g/mol. The van der Waals surface area contributed by atoms with Gasteiger partial charge in [-0.05, 0) is 12.3 Å². The lowest BCUT2D eigenvalue weighted by Gasteiger charge is -2.08. The van der Waals surface area contributed by atoms with E-state index in [-0.39, 0.29) is 5.92 Å². The highest BCUT2D eigenvalue weighted by molar-refractivity contribution is 4.57. The van der Waals surface area contributed by atoms with Crippen LogP contribution in [0.4, 0.5) is 4.39 Å². The quantitative estimate of drug-likeness (QED) is 0.534. The molecule has 1 atom stereocenters. The highest BCUT2D eigenvalue weighted by Gasteiger charge is 2.08. The summed E-state index contributed by atoms with van der Waals surface area (Å²) in [6, 6.07) is 0. The van der Waals surface area contributed by atoms with Crippen molar-refractivity contribution in [2.24, 2.45) is 5.92 Å². The van der Waals surface area contributed by atoms with E-state index in [9.17, 15) is 4.39 Å². The van der Waals surface area contributed by atoms with Gasteiger partial charge in [-0.1, -0.05) is 27.2 Å². The van der Waals surface area contributed by atoms with Gasteiger partial charge in [-0.15, -0.1) is 0 Å². The van der Waals surface area contributed by atoms with Crippen molar-refractivity contribution in [2.45, 2.75) is 39.8 Å². The van der Waals surface area contributed by atoms with Gasteiger partial charge in [0.2, 0.25) is 0 Å². The summed E-state index contributed by atoms with van der Waals surface area (Å²) in [7, 11) is 0. The molecule has 50 valence electrons. The number of halogens is 1. The molecule has 0 saturated carbocycles. The minimum absolute atomic E-state index is 0.204. The Morgan fingerprint density at radius 3 is 2.00 bits per heavy atom. The van der Waals surface area contributed by atoms with Gasteiger partial charge >= 0.3 is 0 Å². The molecule has 0 aliphatic rings. The molecule has 0 heterocycles. The lowest BCUT2D eigenvalue weighted by molar-refractivity contribution is 0.239. The van der Waals surface area contributed by atoms with Crippen LogP contribution in [0.25, 0.3) is 0 Å². The minimum Gasteiger partial charge on any atom is -0.247 e. The van der Waals surface area contributed by atoms with Gasteiger partial charge < -0.3 is 0 Å². The van der Waals surface area contributed by atoms with Crippen LogP contribution < -0.4 is 0 Å². The molecule has 0 radical (unpaired) electrons. The zero-order chi connectivity index (χ0) is 6.57. The third-order valence-corrected chi connectivity index (χ3v) is 1.29. The van der Waals surface area contributed by atoms with Crippen molar-refractivity contribution >= 4 is 0 Å². The van der Waals surface area contributed by atoms with E-state index in [0.717, 1.165) is 12.8 Å². The van der Waals surface area contributed by atoms with Crippen LogP contribution in [-0.4, -0.2) is 6.17 Å². The van der Waals surface area contributed by atoms with Crippen LogP contribution in [-0.2, 0) is 0 Å². The van der Waals surface area contributed by atoms with Crippen molar-refractivity contribution in [1.29, 1.82) is 0 Å². The maximum atomic E-state index is 12.5. The Balaban J connectivity index is 3.17. The molecule has 0 N–H and O–H groups in total. The Kier molecular flexibility index (Phi) is 3.84. The topological polar surface area (TPSA) is 0 Å². The molecule has 0 rings (SSSR count). The molecule has 0 aliphatic heterocycles. The number of alkyl halides is 1. The zero-order valence-electron chi connectivity index (χ0n) is 5.95. The normalized spacial score (nSPS) is 14.6. The van der Waals surface area contributed by atoms with Crippen LogP contribution in [0.3, 0.4) is 0 Å². The molecule has 0 amide bonds. The fourth-order valence-corrected chi connectivity index (χ4v) is 0.609. The molecule has 0 aromatic heterocycles. The summed E-state index contributed by atoms with van der Waals surface area (Å²) in [6.07, 6.45) is 1.09. The SMILES string of the molecule is CCC[C@H](F)C(C)C. The fourth-order valence-electron chi connectivity index (χ4n) is 0.609. The summed E-state index contributed by atoms with van der Waals surface area (Å²) in [4.78, 5) is 0. The Hall–Kier alpha value is -0.0700. The highest BCUT2D eigenvalue weighted by Crippen LogP contribution is 2.11. The second-order valence-electron chi connectivity index (χ2n) is 2.55. The molecule has 1 heteroatoms. The third kappa shape index (κ3) is 3.00. The zero-order valence-corrected chi connectivity index (χ0v) is 5.95. The number of hydrogen-bond acceptors (Lipinski definition) is 0. The van der Waals surface area contributed by atoms with E-state index in [1.165, 1.54) is 0 Å². The van der Waals surface area contributed by atoms with E-state index >= 15 is 0 Å². The van der Waals surface area contributed by atoms with Crippen molar-refractivity contribution in [3.63, 3.8) is 0 Å². The average molecular weight is 118 g/mol. The van der Waals surface area contributed by atoms with Crippen LogP contribution in [0.15, 0.2) is 0 Å². The van der Waals surface area contributed by atoms with E-state index < -0.39 is 6.17 Å². The van der Waals surface area contributed by atoms with Gasteiger partial charge in [0.25, 0.3) is 0 Å². The number of hydrogen-bond donors (Lipinski definition) is 0. The first kappa shape index (κ1) is 7.93. The molecule has 0 fully saturated rings. The lowest BCUT2D eigenvalue weighted by atomic mass is 10.1. The molecule has 0 aromatic carbocycles. The minimum atomic E-state index is -0.583. The smallest absolute Gasteiger partial charge is 0.102 e. The maximum Gasteiger partial charge on any atom is 0.102 e. The predicted octanol–water partition coefficient (Wildman–Crippen LogP) is 2.78. The van der Waals surface area contributed by atoms with Gasteiger partial charge in [-0.2, -0.15) is 0 Å². The molecule has 0 bridgehead atoms. The lowest BCUT2D eigenvalue weighted by Crippen LogP contribution is -2.07. The summed E-state index contributed by atoms with van der Waals surface area (Å²) in [5, 5.41) is 0. The summed E-state index contributed by atoms with van der Waals surface area (Å²) in [5.41, 5.74) is 0. The Morgan fingerprint density at radius 1 is 1.38 bits per heavy atom. The largest absolute Gasteiger partial charge is 0.247 e. The molecule has 0 saturated heterocycles.